The van der Waals surface area contributed by atoms with Gasteiger partial charge in [0.1, 0.15) is 0 Å². The maximum absolute atomic E-state index is 12.8. The number of carbonyl (C=O) groups excluding carboxylic acids is 2. The maximum Gasteiger partial charge on any atom is 0.255 e. The fourth-order valence-electron chi connectivity index (χ4n) is 3.45. The van der Waals surface area contributed by atoms with Crippen LogP contribution in [0.3, 0.4) is 0 Å². The number of thioether (sulfide) groups is 1. The van der Waals surface area contributed by atoms with Crippen LogP contribution in [-0.2, 0) is 0 Å². The van der Waals surface area contributed by atoms with E-state index in [9.17, 15) is 9.59 Å². The van der Waals surface area contributed by atoms with Gasteiger partial charge < -0.3 is 10.2 Å². The van der Waals surface area contributed by atoms with Gasteiger partial charge >= 0.3 is 0 Å². The molecule has 0 spiro atoms. The molecule has 154 valence electrons. The van der Waals surface area contributed by atoms with Gasteiger partial charge in [-0.2, -0.15) is 11.8 Å². The summed E-state index contributed by atoms with van der Waals surface area (Å²) < 4.78 is 0. The lowest BCUT2D eigenvalue weighted by atomic mass is 10.1. The monoisotopic (exact) mass is 420 g/mol. The molecule has 0 radical (unpaired) electrons. The number of benzene rings is 2. The minimum absolute atomic E-state index is 0.0510. The van der Waals surface area contributed by atoms with Crippen molar-refractivity contribution in [2.45, 2.75) is 20.8 Å². The number of hydrogen-bond donors (Lipinski definition) is 1. The van der Waals surface area contributed by atoms with Crippen LogP contribution in [0.15, 0.2) is 36.4 Å². The highest BCUT2D eigenvalue weighted by atomic mass is 32.2. The number of nitrogens with one attached hydrogen (secondary N) is 1. The van der Waals surface area contributed by atoms with Gasteiger partial charge in [0.15, 0.2) is 0 Å². The Morgan fingerprint density at radius 1 is 0.900 bits per heavy atom. The zero-order valence-corrected chi connectivity index (χ0v) is 18.2. The first-order chi connectivity index (χ1) is 14.4. The lowest BCUT2D eigenvalue weighted by Crippen LogP contribution is -2.37. The molecule has 3 aromatic rings. The summed E-state index contributed by atoms with van der Waals surface area (Å²) in [4.78, 5) is 36.4. The molecule has 1 aromatic heterocycles. The average molecular weight is 421 g/mol. The first-order valence-electron chi connectivity index (χ1n) is 9.96. The molecular formula is C23H24N4O2S. The van der Waals surface area contributed by atoms with E-state index in [1.807, 2.05) is 49.6 Å². The van der Waals surface area contributed by atoms with Crippen molar-refractivity contribution in [3.8, 4) is 0 Å². The summed E-state index contributed by atoms with van der Waals surface area (Å²) in [7, 11) is 0. The lowest BCUT2D eigenvalue weighted by molar-refractivity contribution is 0.0772. The topological polar surface area (TPSA) is 75.2 Å². The van der Waals surface area contributed by atoms with Crippen molar-refractivity contribution in [3.63, 3.8) is 0 Å². The molecule has 0 unspecified atom stereocenters. The molecule has 1 fully saturated rings. The van der Waals surface area contributed by atoms with Crippen molar-refractivity contribution in [1.29, 1.82) is 0 Å². The molecule has 30 heavy (non-hydrogen) atoms. The predicted octanol–water partition coefficient (Wildman–Crippen LogP) is 4.00. The first-order valence-corrected chi connectivity index (χ1v) is 11.1. The third-order valence-corrected chi connectivity index (χ3v) is 6.30. The van der Waals surface area contributed by atoms with E-state index in [-0.39, 0.29) is 11.8 Å². The summed E-state index contributed by atoms with van der Waals surface area (Å²) in [5.74, 6) is 1.80. The summed E-state index contributed by atoms with van der Waals surface area (Å²) in [6, 6.07) is 10.7. The van der Waals surface area contributed by atoms with Crippen LogP contribution in [0, 0.1) is 20.8 Å². The van der Waals surface area contributed by atoms with Crippen molar-refractivity contribution >= 4 is 40.3 Å². The molecule has 7 heteroatoms. The van der Waals surface area contributed by atoms with Crippen LogP contribution >= 0.6 is 11.8 Å². The number of fused-ring (bicyclic) bond motifs is 1. The van der Waals surface area contributed by atoms with Gasteiger partial charge in [-0.05, 0) is 62.7 Å². The van der Waals surface area contributed by atoms with E-state index in [1.165, 1.54) is 0 Å². The molecular weight excluding hydrogens is 396 g/mol. The lowest BCUT2D eigenvalue weighted by Gasteiger charge is -2.26. The van der Waals surface area contributed by atoms with Crippen molar-refractivity contribution in [2.75, 3.05) is 29.9 Å². The Morgan fingerprint density at radius 3 is 2.27 bits per heavy atom. The number of anilines is 1. The third-order valence-electron chi connectivity index (χ3n) is 5.36. The molecule has 1 N–H and O–H groups in total. The fourth-order valence-corrected chi connectivity index (χ4v) is 4.36. The van der Waals surface area contributed by atoms with Gasteiger partial charge in [0.05, 0.1) is 22.4 Å². The Hall–Kier alpha value is -2.93. The third kappa shape index (κ3) is 4.16. The molecule has 1 aliphatic heterocycles. The van der Waals surface area contributed by atoms with Crippen molar-refractivity contribution in [2.24, 2.45) is 0 Å². The summed E-state index contributed by atoms with van der Waals surface area (Å²) >= 11 is 1.87. The van der Waals surface area contributed by atoms with E-state index in [0.29, 0.717) is 22.3 Å². The van der Waals surface area contributed by atoms with Crippen LogP contribution in [0.1, 0.15) is 37.7 Å². The molecule has 0 saturated carbocycles. The Balaban J connectivity index is 1.52. The first kappa shape index (κ1) is 20.3. The molecule has 0 aliphatic carbocycles. The average Bonchev–Trinajstić information content (AvgIpc) is 2.75. The standard InChI is InChI=1S/C23H24N4O2S/c1-14-12-18(23(29)27-8-10-30-11-9-27)5-6-19(14)26-22(28)17-4-7-20-21(13-17)25-16(3)15(2)24-20/h4-7,12-13H,8-11H2,1-3H3,(H,26,28). The van der Waals surface area contributed by atoms with E-state index in [4.69, 9.17) is 0 Å². The minimum Gasteiger partial charge on any atom is -0.337 e. The van der Waals surface area contributed by atoms with E-state index in [2.05, 4.69) is 15.3 Å². The van der Waals surface area contributed by atoms with Gasteiger partial charge in [0.25, 0.3) is 11.8 Å². The number of aromatic nitrogens is 2. The van der Waals surface area contributed by atoms with Crippen LogP contribution in [0.5, 0.6) is 0 Å². The molecule has 2 aromatic carbocycles. The Morgan fingerprint density at radius 2 is 1.57 bits per heavy atom. The second-order valence-electron chi connectivity index (χ2n) is 7.49. The zero-order valence-electron chi connectivity index (χ0n) is 17.4. The zero-order chi connectivity index (χ0) is 21.3. The highest BCUT2D eigenvalue weighted by Gasteiger charge is 2.19. The molecule has 0 bridgehead atoms. The Labute approximate surface area is 180 Å². The van der Waals surface area contributed by atoms with Gasteiger partial charge in [0, 0.05) is 41.4 Å². The summed E-state index contributed by atoms with van der Waals surface area (Å²) in [6.45, 7) is 7.29. The van der Waals surface area contributed by atoms with Crippen LogP contribution in [0.25, 0.3) is 11.0 Å². The van der Waals surface area contributed by atoms with Crippen LogP contribution in [0.2, 0.25) is 0 Å². The van der Waals surface area contributed by atoms with Crippen LogP contribution in [-0.4, -0.2) is 51.3 Å². The van der Waals surface area contributed by atoms with Gasteiger partial charge in [-0.15, -0.1) is 0 Å². The minimum atomic E-state index is -0.216. The molecule has 1 aliphatic rings. The maximum atomic E-state index is 12.8. The summed E-state index contributed by atoms with van der Waals surface area (Å²) in [5, 5.41) is 2.95. The van der Waals surface area contributed by atoms with E-state index >= 15 is 0 Å². The second-order valence-corrected chi connectivity index (χ2v) is 8.71. The van der Waals surface area contributed by atoms with Gasteiger partial charge in [-0.1, -0.05) is 0 Å². The number of carbonyl (C=O) groups is 2. The van der Waals surface area contributed by atoms with E-state index < -0.39 is 0 Å². The fraction of sp³-hybridized carbons (Fsp3) is 0.304. The molecule has 2 amide bonds. The molecule has 1 saturated heterocycles. The van der Waals surface area contributed by atoms with Crippen LogP contribution < -0.4 is 5.32 Å². The highest BCUT2D eigenvalue weighted by Crippen LogP contribution is 2.21. The van der Waals surface area contributed by atoms with Gasteiger partial charge in [0.2, 0.25) is 0 Å². The quantitative estimate of drug-likeness (QED) is 0.693. The van der Waals surface area contributed by atoms with Gasteiger partial charge in [-0.3, -0.25) is 9.59 Å². The highest BCUT2D eigenvalue weighted by molar-refractivity contribution is 7.99. The Kier molecular flexibility index (Phi) is 5.72. The molecule has 4 rings (SSSR count). The number of aryl methyl sites for hydroxylation is 3. The normalized spacial score (nSPS) is 14.0. The summed E-state index contributed by atoms with van der Waals surface area (Å²) in [6.07, 6.45) is 0. The van der Waals surface area contributed by atoms with Crippen molar-refractivity contribution < 1.29 is 9.59 Å². The SMILES string of the molecule is Cc1cc(C(=O)N2CCSCC2)ccc1NC(=O)c1ccc2nc(C)c(C)nc2c1. The smallest absolute Gasteiger partial charge is 0.255 e. The number of amides is 2. The van der Waals surface area contributed by atoms with E-state index in [0.717, 1.165) is 47.1 Å². The molecule has 2 heterocycles. The Bertz CT molecular complexity index is 1140. The van der Waals surface area contributed by atoms with Crippen LogP contribution in [0.4, 0.5) is 5.69 Å². The molecule has 6 nitrogen and oxygen atoms in total. The summed E-state index contributed by atoms with van der Waals surface area (Å²) in [5.41, 5.74) is 5.92. The van der Waals surface area contributed by atoms with E-state index in [1.54, 1.807) is 24.3 Å². The number of nitrogens with zero attached hydrogens (tertiary/aromatic N) is 3. The van der Waals surface area contributed by atoms with Crippen molar-refractivity contribution in [3.05, 3.63) is 64.5 Å². The largest absolute Gasteiger partial charge is 0.337 e. The number of rotatable bonds is 3. The predicted molar refractivity (Wildman–Crippen MR) is 121 cm³/mol. The van der Waals surface area contributed by atoms with Gasteiger partial charge in [-0.25, -0.2) is 9.97 Å². The van der Waals surface area contributed by atoms with Crippen molar-refractivity contribution in [1.82, 2.24) is 14.9 Å². The number of hydrogen-bond acceptors (Lipinski definition) is 5. The molecule has 0 atom stereocenters. The second kappa shape index (κ2) is 8.44.